The van der Waals surface area contributed by atoms with E-state index in [0.717, 1.165) is 29.9 Å². The number of esters is 1. The van der Waals surface area contributed by atoms with Gasteiger partial charge in [-0.2, -0.15) is 0 Å². The van der Waals surface area contributed by atoms with Crippen molar-refractivity contribution < 1.29 is 14.3 Å². The number of aromatic nitrogens is 2. The largest absolute Gasteiger partial charge is 0.482 e. The minimum atomic E-state index is -0.686. The van der Waals surface area contributed by atoms with E-state index in [1.807, 2.05) is 0 Å². The van der Waals surface area contributed by atoms with Crippen LogP contribution in [0.2, 0.25) is 0 Å². The van der Waals surface area contributed by atoms with Gasteiger partial charge in [-0.3, -0.25) is 14.6 Å². The monoisotopic (exact) mass is 452 g/mol. The Labute approximate surface area is 192 Å². The van der Waals surface area contributed by atoms with Crippen LogP contribution in [0.4, 0.5) is 0 Å². The van der Waals surface area contributed by atoms with Crippen molar-refractivity contribution in [3.63, 3.8) is 0 Å². The Hall–Kier alpha value is -2.05. The van der Waals surface area contributed by atoms with Crippen molar-refractivity contribution in [1.82, 2.24) is 9.55 Å². The van der Waals surface area contributed by atoms with E-state index in [4.69, 9.17) is 9.47 Å². The van der Waals surface area contributed by atoms with Gasteiger partial charge < -0.3 is 9.47 Å². The quantitative estimate of drug-likeness (QED) is 0.213. The number of H-pyrrole nitrogens is 1. The Balaban J connectivity index is 1.92. The van der Waals surface area contributed by atoms with Crippen molar-refractivity contribution in [2.75, 3.05) is 13.7 Å². The van der Waals surface area contributed by atoms with Gasteiger partial charge in [0, 0.05) is 0 Å². The standard InChI is InChI=1S/C25H44N2O5/c1-3-4-5-6-7-8-9-10-11-12-13-14-15-16-17-18-19-32-24(29)21-27-23(28)20-22(31-2)26-25(27)30/h20H,3-19,21H2,1-2H3,(H,26,30). The molecule has 1 aromatic rings. The number of ether oxygens (including phenoxy) is 2. The average molecular weight is 453 g/mol. The number of hydrogen-bond donors (Lipinski definition) is 1. The number of unbranched alkanes of at least 4 members (excludes halogenated alkanes) is 15. The molecule has 7 nitrogen and oxygen atoms in total. The predicted octanol–water partition coefficient (Wildman–Crippen LogP) is 5.35. The first-order valence-electron chi connectivity index (χ1n) is 12.6. The lowest BCUT2D eigenvalue weighted by Gasteiger charge is -2.07. The second-order valence-corrected chi connectivity index (χ2v) is 8.59. The van der Waals surface area contributed by atoms with Crippen LogP contribution in [-0.2, 0) is 16.1 Å². The maximum absolute atomic E-state index is 11.9. The molecule has 0 saturated carbocycles. The van der Waals surface area contributed by atoms with Crippen LogP contribution >= 0.6 is 0 Å². The molecule has 0 fully saturated rings. The van der Waals surface area contributed by atoms with Gasteiger partial charge in [0.1, 0.15) is 6.54 Å². The number of methoxy groups -OCH3 is 1. The maximum Gasteiger partial charge on any atom is 0.331 e. The molecule has 0 radical (unpaired) electrons. The minimum absolute atomic E-state index is 0.0674. The highest BCUT2D eigenvalue weighted by atomic mass is 16.5. The fraction of sp³-hybridized carbons (Fsp3) is 0.800. The molecule has 0 atom stereocenters. The summed E-state index contributed by atoms with van der Waals surface area (Å²) in [6.07, 6.45) is 20.6. The van der Waals surface area contributed by atoms with E-state index >= 15 is 0 Å². The zero-order chi connectivity index (χ0) is 23.4. The van der Waals surface area contributed by atoms with E-state index in [1.54, 1.807) is 0 Å². The van der Waals surface area contributed by atoms with Gasteiger partial charge in [0.2, 0.25) is 0 Å². The molecule has 0 bridgehead atoms. The molecule has 184 valence electrons. The molecule has 0 amide bonds. The number of hydrogen-bond acceptors (Lipinski definition) is 5. The van der Waals surface area contributed by atoms with Gasteiger partial charge in [-0.05, 0) is 6.42 Å². The van der Waals surface area contributed by atoms with Gasteiger partial charge in [0.05, 0.1) is 19.8 Å². The number of carbonyl (C=O) groups is 1. The summed E-state index contributed by atoms with van der Waals surface area (Å²) in [4.78, 5) is 37.9. The lowest BCUT2D eigenvalue weighted by Crippen LogP contribution is -2.37. The van der Waals surface area contributed by atoms with Gasteiger partial charge >= 0.3 is 11.7 Å². The summed E-state index contributed by atoms with van der Waals surface area (Å²) in [6.45, 7) is 2.19. The second kappa shape index (κ2) is 18.5. The lowest BCUT2D eigenvalue weighted by molar-refractivity contribution is -0.144. The predicted molar refractivity (Wildman–Crippen MR) is 128 cm³/mol. The number of rotatable bonds is 20. The normalized spacial score (nSPS) is 10.9. The molecule has 0 unspecified atom stereocenters. The first-order valence-corrected chi connectivity index (χ1v) is 12.6. The minimum Gasteiger partial charge on any atom is -0.482 e. The molecule has 1 heterocycles. The molecule has 0 aliphatic rings. The van der Waals surface area contributed by atoms with E-state index in [9.17, 15) is 14.4 Å². The molecule has 0 aliphatic carbocycles. The molecule has 32 heavy (non-hydrogen) atoms. The van der Waals surface area contributed by atoms with Crippen LogP contribution in [0.3, 0.4) is 0 Å². The zero-order valence-electron chi connectivity index (χ0n) is 20.3. The van der Waals surface area contributed by atoms with Crippen LogP contribution in [0, 0.1) is 0 Å². The van der Waals surface area contributed by atoms with Gasteiger partial charge in [-0.25, -0.2) is 9.36 Å². The van der Waals surface area contributed by atoms with Crippen molar-refractivity contribution >= 4 is 5.97 Å². The molecule has 1 rings (SSSR count). The fourth-order valence-electron chi connectivity index (χ4n) is 3.77. The number of aromatic amines is 1. The Morgan fingerprint density at radius 1 is 0.812 bits per heavy atom. The van der Waals surface area contributed by atoms with Crippen LogP contribution in [0.15, 0.2) is 15.7 Å². The van der Waals surface area contributed by atoms with Crippen LogP contribution in [0.25, 0.3) is 0 Å². The maximum atomic E-state index is 11.9. The van der Waals surface area contributed by atoms with Crippen LogP contribution in [0.5, 0.6) is 5.88 Å². The third-order valence-corrected chi connectivity index (χ3v) is 5.76. The highest BCUT2D eigenvalue weighted by molar-refractivity contribution is 5.69. The summed E-state index contributed by atoms with van der Waals surface area (Å²) >= 11 is 0. The average Bonchev–Trinajstić information content (AvgIpc) is 2.78. The Morgan fingerprint density at radius 2 is 1.28 bits per heavy atom. The summed E-state index contributed by atoms with van der Waals surface area (Å²) in [5.74, 6) is -0.512. The highest BCUT2D eigenvalue weighted by Crippen LogP contribution is 2.13. The topological polar surface area (TPSA) is 90.4 Å². The summed E-state index contributed by atoms with van der Waals surface area (Å²) < 4.78 is 10.8. The van der Waals surface area contributed by atoms with Crippen LogP contribution < -0.4 is 16.0 Å². The van der Waals surface area contributed by atoms with Gasteiger partial charge in [0.25, 0.3) is 5.56 Å². The number of nitrogens with zero attached hydrogens (tertiary/aromatic N) is 1. The highest BCUT2D eigenvalue weighted by Gasteiger charge is 2.10. The van der Waals surface area contributed by atoms with Crippen molar-refractivity contribution in [2.24, 2.45) is 0 Å². The molecule has 0 spiro atoms. The smallest absolute Gasteiger partial charge is 0.331 e. The van der Waals surface area contributed by atoms with E-state index in [0.29, 0.717) is 6.61 Å². The number of carbonyl (C=O) groups excluding carboxylic acids is 1. The third-order valence-electron chi connectivity index (χ3n) is 5.76. The Morgan fingerprint density at radius 3 is 1.72 bits per heavy atom. The zero-order valence-corrected chi connectivity index (χ0v) is 20.3. The molecule has 0 aliphatic heterocycles. The van der Waals surface area contributed by atoms with Gasteiger partial charge in [0.15, 0.2) is 5.88 Å². The molecule has 7 heteroatoms. The molecular weight excluding hydrogens is 408 g/mol. The summed E-state index contributed by atoms with van der Waals surface area (Å²) in [7, 11) is 1.35. The third kappa shape index (κ3) is 13.4. The van der Waals surface area contributed by atoms with Crippen molar-refractivity contribution in [1.29, 1.82) is 0 Å². The van der Waals surface area contributed by atoms with Crippen molar-refractivity contribution in [3.05, 3.63) is 26.9 Å². The molecule has 1 N–H and O–H groups in total. The summed E-state index contributed by atoms with van der Waals surface area (Å²) in [5.41, 5.74) is -1.28. The Kier molecular flexibility index (Phi) is 16.2. The lowest BCUT2D eigenvalue weighted by atomic mass is 10.0. The first kappa shape index (κ1) is 28.0. The van der Waals surface area contributed by atoms with Crippen molar-refractivity contribution in [3.8, 4) is 5.88 Å². The molecule has 1 aromatic heterocycles. The summed E-state index contributed by atoms with van der Waals surface area (Å²) in [5, 5.41) is 0. The van der Waals surface area contributed by atoms with Crippen LogP contribution in [0.1, 0.15) is 110 Å². The SMILES string of the molecule is CCCCCCCCCCCCCCCCCCOC(=O)Cn1c(=O)cc(OC)[nH]c1=O. The van der Waals surface area contributed by atoms with Gasteiger partial charge in [-0.1, -0.05) is 103 Å². The summed E-state index contributed by atoms with van der Waals surface area (Å²) in [6, 6.07) is 1.13. The number of nitrogens with one attached hydrogen (secondary N) is 1. The second-order valence-electron chi connectivity index (χ2n) is 8.59. The Bertz CT molecular complexity index is 695. The van der Waals surface area contributed by atoms with E-state index < -0.39 is 23.8 Å². The first-order chi connectivity index (χ1) is 15.6. The van der Waals surface area contributed by atoms with Crippen molar-refractivity contribution in [2.45, 2.75) is 116 Å². The van der Waals surface area contributed by atoms with E-state index in [2.05, 4.69) is 11.9 Å². The van der Waals surface area contributed by atoms with Crippen LogP contribution in [-0.4, -0.2) is 29.2 Å². The molecular formula is C25H44N2O5. The van der Waals surface area contributed by atoms with E-state index in [-0.39, 0.29) is 5.88 Å². The van der Waals surface area contributed by atoms with Gasteiger partial charge in [-0.15, -0.1) is 0 Å². The molecule has 0 aromatic carbocycles. The van der Waals surface area contributed by atoms with E-state index in [1.165, 1.54) is 90.6 Å². The molecule has 0 saturated heterocycles. The fourth-order valence-corrected chi connectivity index (χ4v) is 3.77.